The Morgan fingerprint density at radius 1 is 1.15 bits per heavy atom. The van der Waals surface area contributed by atoms with Gasteiger partial charge in [-0.1, -0.05) is 24.3 Å². The van der Waals surface area contributed by atoms with Crippen LogP contribution >= 0.6 is 0 Å². The van der Waals surface area contributed by atoms with Crippen LogP contribution in [-0.2, 0) is 0 Å². The highest BCUT2D eigenvalue weighted by Gasteiger charge is 2.08. The largest absolute Gasteiger partial charge is 0.506 e. The minimum absolute atomic E-state index is 0.180. The normalized spacial score (nSPS) is 10.4. The number of rotatable bonds is 1. The van der Waals surface area contributed by atoms with E-state index < -0.39 is 0 Å². The third kappa shape index (κ3) is 1.98. The van der Waals surface area contributed by atoms with E-state index in [1.165, 1.54) is 6.20 Å². The monoisotopic (exact) mass is 260 g/mol. The number of aromatic nitrogens is 1. The zero-order valence-corrected chi connectivity index (χ0v) is 11.0. The fourth-order valence-electron chi connectivity index (χ4n) is 2.27. The van der Waals surface area contributed by atoms with E-state index in [0.29, 0.717) is 5.69 Å². The second-order valence-corrected chi connectivity index (χ2v) is 4.68. The number of aryl methyl sites for hydroxylation is 1. The van der Waals surface area contributed by atoms with E-state index in [2.05, 4.69) is 9.83 Å². The summed E-state index contributed by atoms with van der Waals surface area (Å²) in [6.45, 7) is 9.05. The molecule has 3 nitrogen and oxygen atoms in total. The second-order valence-electron chi connectivity index (χ2n) is 4.68. The van der Waals surface area contributed by atoms with Gasteiger partial charge in [0.25, 0.3) is 0 Å². The molecule has 3 aromatic rings. The smallest absolute Gasteiger partial charge is 0.188 e. The molecule has 3 rings (SSSR count). The number of fused-ring (bicyclic) bond motifs is 1. The van der Waals surface area contributed by atoms with Gasteiger partial charge in [-0.25, -0.2) is 4.85 Å². The topological polar surface area (TPSA) is 37.5 Å². The van der Waals surface area contributed by atoms with Crippen molar-refractivity contribution in [2.75, 3.05) is 0 Å². The minimum Gasteiger partial charge on any atom is -0.506 e. The summed E-state index contributed by atoms with van der Waals surface area (Å²) >= 11 is 0. The standard InChI is InChI=1S/C17H12N2O/c1-11-7-16(19-10-17(11)20)15-9-13(18-2)8-12-5-3-4-6-14(12)15/h3-10,20H,1H3. The number of hydrogen-bond acceptors (Lipinski definition) is 2. The quantitative estimate of drug-likeness (QED) is 0.655. The van der Waals surface area contributed by atoms with Crippen molar-refractivity contribution in [2.45, 2.75) is 6.92 Å². The fraction of sp³-hybridized carbons (Fsp3) is 0.0588. The Kier molecular flexibility index (Phi) is 2.85. The van der Waals surface area contributed by atoms with Crippen molar-refractivity contribution >= 4 is 16.5 Å². The highest BCUT2D eigenvalue weighted by molar-refractivity contribution is 5.98. The first-order valence-electron chi connectivity index (χ1n) is 6.25. The van der Waals surface area contributed by atoms with Crippen LogP contribution in [0, 0.1) is 13.5 Å². The summed E-state index contributed by atoms with van der Waals surface area (Å²) in [5.74, 6) is 0.180. The predicted molar refractivity (Wildman–Crippen MR) is 79.8 cm³/mol. The van der Waals surface area contributed by atoms with Crippen molar-refractivity contribution in [3.63, 3.8) is 0 Å². The van der Waals surface area contributed by atoms with Gasteiger partial charge in [-0.15, -0.1) is 0 Å². The van der Waals surface area contributed by atoms with E-state index in [9.17, 15) is 5.11 Å². The summed E-state index contributed by atoms with van der Waals surface area (Å²) in [5, 5.41) is 11.7. The number of pyridine rings is 1. The Bertz CT molecular complexity index is 847. The van der Waals surface area contributed by atoms with Crippen LogP contribution in [0.5, 0.6) is 5.75 Å². The number of aromatic hydroxyl groups is 1. The van der Waals surface area contributed by atoms with Crippen LogP contribution in [0.4, 0.5) is 5.69 Å². The first kappa shape index (κ1) is 12.2. The van der Waals surface area contributed by atoms with Crippen LogP contribution in [0.1, 0.15) is 5.56 Å². The van der Waals surface area contributed by atoms with Crippen molar-refractivity contribution in [1.29, 1.82) is 0 Å². The maximum absolute atomic E-state index is 9.59. The molecular weight excluding hydrogens is 248 g/mol. The molecule has 0 aliphatic carbocycles. The molecule has 2 aromatic carbocycles. The first-order chi connectivity index (χ1) is 9.69. The van der Waals surface area contributed by atoms with Gasteiger partial charge in [-0.2, -0.15) is 0 Å². The third-order valence-corrected chi connectivity index (χ3v) is 3.33. The van der Waals surface area contributed by atoms with Gasteiger partial charge in [0.15, 0.2) is 5.69 Å². The first-order valence-corrected chi connectivity index (χ1v) is 6.25. The zero-order chi connectivity index (χ0) is 14.1. The number of benzene rings is 2. The Balaban J connectivity index is 2.34. The minimum atomic E-state index is 0.180. The van der Waals surface area contributed by atoms with Gasteiger partial charge >= 0.3 is 0 Å². The molecule has 0 radical (unpaired) electrons. The third-order valence-electron chi connectivity index (χ3n) is 3.33. The number of hydrogen-bond donors (Lipinski definition) is 1. The molecule has 0 aliphatic heterocycles. The van der Waals surface area contributed by atoms with Gasteiger partial charge in [0.1, 0.15) is 5.75 Å². The maximum atomic E-state index is 9.59. The summed E-state index contributed by atoms with van der Waals surface area (Å²) in [4.78, 5) is 7.80. The van der Waals surface area contributed by atoms with E-state index in [4.69, 9.17) is 6.57 Å². The van der Waals surface area contributed by atoms with E-state index in [0.717, 1.165) is 27.6 Å². The lowest BCUT2D eigenvalue weighted by atomic mass is 10.00. The summed E-state index contributed by atoms with van der Waals surface area (Å²) in [5.41, 5.74) is 3.04. The van der Waals surface area contributed by atoms with Crippen molar-refractivity contribution in [3.8, 4) is 17.0 Å². The molecule has 0 amide bonds. The Hall–Kier alpha value is -2.86. The van der Waals surface area contributed by atoms with Crippen LogP contribution in [0.3, 0.4) is 0 Å². The van der Waals surface area contributed by atoms with Crippen LogP contribution in [0.2, 0.25) is 0 Å². The molecule has 0 atom stereocenters. The Labute approximate surface area is 117 Å². The van der Waals surface area contributed by atoms with Crippen LogP contribution in [0.25, 0.3) is 26.9 Å². The molecule has 1 N–H and O–H groups in total. The lowest BCUT2D eigenvalue weighted by Crippen LogP contribution is -1.87. The summed E-state index contributed by atoms with van der Waals surface area (Å²) < 4.78 is 0. The van der Waals surface area contributed by atoms with E-state index in [1.807, 2.05) is 49.4 Å². The average Bonchev–Trinajstić information content (AvgIpc) is 2.49. The van der Waals surface area contributed by atoms with Crippen LogP contribution < -0.4 is 0 Å². The SMILES string of the molecule is [C-]#[N+]c1cc(-c2cc(C)c(O)cn2)c2ccccc2c1. The lowest BCUT2D eigenvalue weighted by molar-refractivity contribution is 0.468. The van der Waals surface area contributed by atoms with Gasteiger partial charge in [-0.05, 0) is 47.0 Å². The van der Waals surface area contributed by atoms with E-state index in [-0.39, 0.29) is 5.75 Å². The zero-order valence-electron chi connectivity index (χ0n) is 11.0. The molecule has 1 aromatic heterocycles. The molecule has 20 heavy (non-hydrogen) atoms. The average molecular weight is 260 g/mol. The summed E-state index contributed by atoms with van der Waals surface area (Å²) in [7, 11) is 0. The molecule has 0 unspecified atom stereocenters. The summed E-state index contributed by atoms with van der Waals surface area (Å²) in [6, 6.07) is 13.5. The second kappa shape index (κ2) is 4.67. The van der Waals surface area contributed by atoms with Gasteiger partial charge in [-0.3, -0.25) is 4.98 Å². The molecule has 1 heterocycles. The van der Waals surface area contributed by atoms with Gasteiger partial charge < -0.3 is 5.11 Å². The Morgan fingerprint density at radius 3 is 2.70 bits per heavy atom. The van der Waals surface area contributed by atoms with Crippen LogP contribution in [-0.4, -0.2) is 10.1 Å². The van der Waals surface area contributed by atoms with Gasteiger partial charge in [0.2, 0.25) is 0 Å². The molecule has 0 saturated carbocycles. The predicted octanol–water partition coefficient (Wildman–Crippen LogP) is 4.47. The molecule has 0 fully saturated rings. The maximum Gasteiger partial charge on any atom is 0.188 e. The highest BCUT2D eigenvalue weighted by Crippen LogP contribution is 2.33. The van der Waals surface area contributed by atoms with Crippen molar-refractivity contribution in [1.82, 2.24) is 4.98 Å². The number of nitrogens with zero attached hydrogens (tertiary/aromatic N) is 2. The van der Waals surface area contributed by atoms with Crippen molar-refractivity contribution < 1.29 is 5.11 Å². The molecular formula is C17H12N2O. The fourth-order valence-corrected chi connectivity index (χ4v) is 2.27. The van der Waals surface area contributed by atoms with Gasteiger partial charge in [0.05, 0.1) is 18.5 Å². The molecule has 0 aliphatic rings. The van der Waals surface area contributed by atoms with Crippen molar-refractivity contribution in [3.05, 3.63) is 65.6 Å². The Morgan fingerprint density at radius 2 is 1.95 bits per heavy atom. The highest BCUT2D eigenvalue weighted by atomic mass is 16.3. The van der Waals surface area contributed by atoms with Crippen molar-refractivity contribution in [2.24, 2.45) is 0 Å². The molecule has 0 saturated heterocycles. The molecule has 3 heteroatoms. The van der Waals surface area contributed by atoms with Gasteiger partial charge in [0, 0.05) is 0 Å². The van der Waals surface area contributed by atoms with Crippen LogP contribution in [0.15, 0.2) is 48.7 Å². The molecule has 0 spiro atoms. The molecule has 96 valence electrons. The lowest BCUT2D eigenvalue weighted by Gasteiger charge is -2.09. The van der Waals surface area contributed by atoms with E-state index in [1.54, 1.807) is 0 Å². The molecule has 0 bridgehead atoms. The summed E-state index contributed by atoms with van der Waals surface area (Å²) in [6.07, 6.45) is 1.45. The van der Waals surface area contributed by atoms with E-state index >= 15 is 0 Å².